The van der Waals surface area contributed by atoms with Crippen LogP contribution in [-0.4, -0.2) is 52.1 Å². The molecular weight excluding hydrogens is 320 g/mol. The van der Waals surface area contributed by atoms with Gasteiger partial charge in [0.1, 0.15) is 0 Å². The van der Waals surface area contributed by atoms with Crippen molar-refractivity contribution < 1.29 is 13.9 Å². The predicted molar refractivity (Wildman–Crippen MR) is 91.2 cm³/mol. The number of hydrogen-bond acceptors (Lipinski definition) is 6. The summed E-state index contributed by atoms with van der Waals surface area (Å²) < 4.78 is 11.4. The zero-order valence-corrected chi connectivity index (χ0v) is 14.1. The van der Waals surface area contributed by atoms with Gasteiger partial charge in [0, 0.05) is 38.1 Å². The van der Waals surface area contributed by atoms with E-state index in [2.05, 4.69) is 15.3 Å². The van der Waals surface area contributed by atoms with Gasteiger partial charge in [-0.15, -0.1) is 0 Å². The van der Waals surface area contributed by atoms with Gasteiger partial charge in [-0.25, -0.2) is 9.97 Å². The second-order valence-corrected chi connectivity index (χ2v) is 6.71. The smallest absolute Gasteiger partial charge is 0.289 e. The summed E-state index contributed by atoms with van der Waals surface area (Å²) in [6, 6.07) is 5.56. The topological polar surface area (TPSA) is 80.5 Å². The highest BCUT2D eigenvalue weighted by Gasteiger charge is 2.41. The lowest BCUT2D eigenvalue weighted by atomic mass is 9.82. The van der Waals surface area contributed by atoms with Crippen LogP contribution in [0.3, 0.4) is 0 Å². The summed E-state index contributed by atoms with van der Waals surface area (Å²) in [7, 11) is 0. The Balaban J connectivity index is 1.36. The van der Waals surface area contributed by atoms with Crippen LogP contribution < -0.4 is 5.32 Å². The summed E-state index contributed by atoms with van der Waals surface area (Å²) in [5.74, 6) is 1.03. The fourth-order valence-corrected chi connectivity index (χ4v) is 3.73. The Morgan fingerprint density at radius 1 is 1.24 bits per heavy atom. The first kappa shape index (κ1) is 16.1. The molecule has 1 N–H and O–H groups in total. The van der Waals surface area contributed by atoms with Crippen molar-refractivity contribution in [1.82, 2.24) is 14.9 Å². The Morgan fingerprint density at radius 2 is 2.04 bits per heavy atom. The average molecular weight is 342 g/mol. The molecule has 4 heterocycles. The van der Waals surface area contributed by atoms with Crippen LogP contribution >= 0.6 is 0 Å². The number of nitrogens with one attached hydrogen (secondary N) is 1. The third kappa shape index (κ3) is 3.51. The molecule has 1 amide bonds. The summed E-state index contributed by atoms with van der Waals surface area (Å²) in [5.41, 5.74) is -0.162. The first-order valence-electron chi connectivity index (χ1n) is 8.74. The minimum atomic E-state index is -0.162. The maximum atomic E-state index is 12.4. The Labute approximate surface area is 146 Å². The van der Waals surface area contributed by atoms with Crippen molar-refractivity contribution in [2.45, 2.75) is 37.3 Å². The quantitative estimate of drug-likeness (QED) is 0.922. The van der Waals surface area contributed by atoms with Crippen molar-refractivity contribution >= 4 is 11.9 Å². The van der Waals surface area contributed by atoms with Gasteiger partial charge in [0.05, 0.1) is 11.9 Å². The normalized spacial score (nSPS) is 22.7. The van der Waals surface area contributed by atoms with Gasteiger partial charge in [0.15, 0.2) is 5.76 Å². The fraction of sp³-hybridized carbons (Fsp3) is 0.500. The van der Waals surface area contributed by atoms with Crippen LogP contribution in [0.1, 0.15) is 36.2 Å². The van der Waals surface area contributed by atoms with E-state index in [-0.39, 0.29) is 11.5 Å². The SMILES string of the molecule is O=C(c1ccco1)N1CCC2(CC1)CC(Nc1ncccn1)CCO2. The Hall–Kier alpha value is -2.41. The molecule has 2 aromatic heterocycles. The van der Waals surface area contributed by atoms with Gasteiger partial charge in [-0.3, -0.25) is 4.79 Å². The standard InChI is InChI=1S/C18H22N4O3/c23-16(15-3-1-11-24-15)22-9-5-18(6-10-22)13-14(4-12-25-18)21-17-19-7-2-8-20-17/h1-3,7-8,11,14H,4-6,9-10,12-13H2,(H,19,20,21). The maximum absolute atomic E-state index is 12.4. The van der Waals surface area contributed by atoms with Gasteiger partial charge >= 0.3 is 0 Å². The number of nitrogens with zero attached hydrogens (tertiary/aromatic N) is 3. The molecular formula is C18H22N4O3. The van der Waals surface area contributed by atoms with Crippen LogP contribution in [0, 0.1) is 0 Å². The van der Waals surface area contributed by atoms with E-state index in [4.69, 9.17) is 9.15 Å². The van der Waals surface area contributed by atoms with E-state index in [1.54, 1.807) is 24.5 Å². The molecule has 0 radical (unpaired) electrons. The van der Waals surface area contributed by atoms with Crippen LogP contribution in [0.25, 0.3) is 0 Å². The van der Waals surface area contributed by atoms with Crippen molar-refractivity contribution in [2.75, 3.05) is 25.0 Å². The number of aromatic nitrogens is 2. The molecule has 2 aliphatic rings. The third-order valence-corrected chi connectivity index (χ3v) is 5.09. The molecule has 4 rings (SSSR count). The first-order chi connectivity index (χ1) is 12.2. The number of carbonyl (C=O) groups is 1. The van der Waals surface area contributed by atoms with Crippen LogP contribution in [0.5, 0.6) is 0 Å². The predicted octanol–water partition coefficient (Wildman–Crippen LogP) is 2.34. The van der Waals surface area contributed by atoms with Gasteiger partial charge in [-0.2, -0.15) is 0 Å². The van der Waals surface area contributed by atoms with E-state index in [9.17, 15) is 4.79 Å². The molecule has 25 heavy (non-hydrogen) atoms. The molecule has 0 aliphatic carbocycles. The lowest BCUT2D eigenvalue weighted by Crippen LogP contribution is -2.52. The lowest BCUT2D eigenvalue weighted by Gasteiger charge is -2.46. The van der Waals surface area contributed by atoms with Crippen LogP contribution in [0.15, 0.2) is 41.3 Å². The van der Waals surface area contributed by atoms with Crippen molar-refractivity contribution in [2.24, 2.45) is 0 Å². The van der Waals surface area contributed by atoms with Gasteiger partial charge in [-0.1, -0.05) is 0 Å². The number of rotatable bonds is 3. The van der Waals surface area contributed by atoms with Gasteiger partial charge < -0.3 is 19.4 Å². The molecule has 2 aliphatic heterocycles. The minimum absolute atomic E-state index is 0.0389. The first-order valence-corrected chi connectivity index (χ1v) is 8.74. The number of anilines is 1. The van der Waals surface area contributed by atoms with Crippen LogP contribution in [-0.2, 0) is 4.74 Å². The minimum Gasteiger partial charge on any atom is -0.459 e. The highest BCUT2D eigenvalue weighted by atomic mass is 16.5. The molecule has 7 nitrogen and oxygen atoms in total. The summed E-state index contributed by atoms with van der Waals surface area (Å²) in [5, 5.41) is 3.41. The number of amides is 1. The Bertz CT molecular complexity index is 696. The highest BCUT2D eigenvalue weighted by molar-refractivity contribution is 5.91. The van der Waals surface area contributed by atoms with Gasteiger partial charge in [-0.05, 0) is 43.9 Å². The van der Waals surface area contributed by atoms with Crippen molar-refractivity contribution in [3.8, 4) is 0 Å². The highest BCUT2D eigenvalue weighted by Crippen LogP contribution is 2.36. The van der Waals surface area contributed by atoms with E-state index in [0.29, 0.717) is 30.8 Å². The van der Waals surface area contributed by atoms with Crippen LogP contribution in [0.4, 0.5) is 5.95 Å². The number of hydrogen-bond donors (Lipinski definition) is 1. The van der Waals surface area contributed by atoms with Crippen molar-refractivity contribution in [3.05, 3.63) is 42.6 Å². The average Bonchev–Trinajstić information content (AvgIpc) is 3.18. The number of furan rings is 1. The van der Waals surface area contributed by atoms with E-state index in [0.717, 1.165) is 32.3 Å². The molecule has 132 valence electrons. The molecule has 1 spiro atoms. The van der Waals surface area contributed by atoms with E-state index in [1.807, 2.05) is 11.0 Å². The summed E-state index contributed by atoms with van der Waals surface area (Å²) in [6.07, 6.45) is 8.54. The lowest BCUT2D eigenvalue weighted by molar-refractivity contribution is -0.110. The molecule has 2 fully saturated rings. The summed E-state index contributed by atoms with van der Waals surface area (Å²) >= 11 is 0. The van der Waals surface area contributed by atoms with Gasteiger partial charge in [0.25, 0.3) is 5.91 Å². The molecule has 0 saturated carbocycles. The largest absolute Gasteiger partial charge is 0.459 e. The van der Waals surface area contributed by atoms with E-state index >= 15 is 0 Å². The van der Waals surface area contributed by atoms with Crippen LogP contribution in [0.2, 0.25) is 0 Å². The van der Waals surface area contributed by atoms with Crippen molar-refractivity contribution in [1.29, 1.82) is 0 Å². The number of piperidine rings is 1. The van der Waals surface area contributed by atoms with E-state index < -0.39 is 0 Å². The monoisotopic (exact) mass is 342 g/mol. The number of ether oxygens (including phenoxy) is 1. The molecule has 0 aromatic carbocycles. The molecule has 2 saturated heterocycles. The van der Waals surface area contributed by atoms with Gasteiger partial charge in [0.2, 0.25) is 5.95 Å². The maximum Gasteiger partial charge on any atom is 0.289 e. The second-order valence-electron chi connectivity index (χ2n) is 6.71. The molecule has 1 atom stereocenters. The number of likely N-dealkylation sites (tertiary alicyclic amines) is 1. The molecule has 2 aromatic rings. The zero-order valence-electron chi connectivity index (χ0n) is 14.1. The zero-order chi connectivity index (χ0) is 17.1. The van der Waals surface area contributed by atoms with E-state index in [1.165, 1.54) is 6.26 Å². The second kappa shape index (κ2) is 6.84. The third-order valence-electron chi connectivity index (χ3n) is 5.09. The Morgan fingerprint density at radius 3 is 2.76 bits per heavy atom. The molecule has 0 bridgehead atoms. The summed E-state index contributed by atoms with van der Waals surface area (Å²) in [4.78, 5) is 22.7. The summed E-state index contributed by atoms with van der Waals surface area (Å²) in [6.45, 7) is 2.10. The molecule has 1 unspecified atom stereocenters. The number of carbonyl (C=O) groups excluding carboxylic acids is 1. The fourth-order valence-electron chi connectivity index (χ4n) is 3.73. The molecule has 7 heteroatoms. The Kier molecular flexibility index (Phi) is 4.40. The van der Waals surface area contributed by atoms with Crippen molar-refractivity contribution in [3.63, 3.8) is 0 Å².